The summed E-state index contributed by atoms with van der Waals surface area (Å²) in [6.07, 6.45) is 1.66. The summed E-state index contributed by atoms with van der Waals surface area (Å²) in [5.41, 5.74) is 0. The lowest BCUT2D eigenvalue weighted by Gasteiger charge is -2.20. The molecule has 0 radical (unpaired) electrons. The monoisotopic (exact) mass is 317 g/mol. The average Bonchev–Trinajstić information content (AvgIpc) is 3.20. The molecule has 1 aliphatic carbocycles. The van der Waals surface area contributed by atoms with E-state index in [1.807, 2.05) is 0 Å². The molecule has 0 aliphatic heterocycles. The molecule has 1 N–H and O–H groups in total. The molecular weight excluding hydrogens is 305 g/mol. The van der Waals surface area contributed by atoms with Crippen LogP contribution in [0.15, 0.2) is 18.2 Å². The number of rotatable bonds is 6. The number of ether oxygens (including phenoxy) is 1. The summed E-state index contributed by atoms with van der Waals surface area (Å²) in [7, 11) is 0. The van der Waals surface area contributed by atoms with Gasteiger partial charge in [0.2, 0.25) is 0 Å². The Balaban J connectivity index is 1.96. The van der Waals surface area contributed by atoms with E-state index in [9.17, 15) is 9.59 Å². The molecule has 20 heavy (non-hydrogen) atoms. The van der Waals surface area contributed by atoms with Crippen LogP contribution in [-0.2, 0) is 9.59 Å². The van der Waals surface area contributed by atoms with Gasteiger partial charge in [0.15, 0.2) is 6.61 Å². The Kier molecular flexibility index (Phi) is 4.73. The molecule has 108 valence electrons. The molecular formula is C13H13Cl2NO4. The van der Waals surface area contributed by atoms with Crippen LogP contribution in [0.1, 0.15) is 12.8 Å². The van der Waals surface area contributed by atoms with Crippen LogP contribution in [0, 0.1) is 0 Å². The molecule has 0 bridgehead atoms. The number of hydrogen-bond acceptors (Lipinski definition) is 3. The van der Waals surface area contributed by atoms with Crippen LogP contribution in [0.5, 0.6) is 5.75 Å². The third-order valence-corrected chi connectivity index (χ3v) is 3.41. The van der Waals surface area contributed by atoms with E-state index in [1.54, 1.807) is 12.1 Å². The molecule has 1 amide bonds. The van der Waals surface area contributed by atoms with Gasteiger partial charge in [0.05, 0.1) is 5.02 Å². The van der Waals surface area contributed by atoms with E-state index in [-0.39, 0.29) is 25.1 Å². The zero-order valence-corrected chi connectivity index (χ0v) is 12.0. The summed E-state index contributed by atoms with van der Waals surface area (Å²) in [4.78, 5) is 24.1. The molecule has 1 aromatic rings. The van der Waals surface area contributed by atoms with Gasteiger partial charge in [-0.2, -0.15) is 0 Å². The number of carbonyl (C=O) groups excluding carboxylic acids is 1. The van der Waals surface area contributed by atoms with Gasteiger partial charge in [-0.1, -0.05) is 23.2 Å². The molecule has 0 spiro atoms. The second-order valence-corrected chi connectivity index (χ2v) is 5.35. The highest BCUT2D eigenvalue weighted by molar-refractivity contribution is 6.34. The second-order valence-electron chi connectivity index (χ2n) is 4.51. The first-order valence-electron chi connectivity index (χ1n) is 6.06. The van der Waals surface area contributed by atoms with E-state index < -0.39 is 5.97 Å². The van der Waals surface area contributed by atoms with Crippen molar-refractivity contribution >= 4 is 35.1 Å². The molecule has 2 rings (SSSR count). The van der Waals surface area contributed by atoms with Crippen LogP contribution in [0.25, 0.3) is 0 Å². The minimum atomic E-state index is -1.04. The largest absolute Gasteiger partial charge is 0.482 e. The fraction of sp³-hybridized carbons (Fsp3) is 0.385. The minimum absolute atomic E-state index is 0.0111. The first-order chi connectivity index (χ1) is 9.47. The summed E-state index contributed by atoms with van der Waals surface area (Å²) >= 11 is 11.7. The maximum atomic E-state index is 12.0. The first kappa shape index (κ1) is 14.9. The molecule has 1 saturated carbocycles. The third kappa shape index (κ3) is 4.02. The van der Waals surface area contributed by atoms with Crippen molar-refractivity contribution in [1.29, 1.82) is 0 Å². The fourth-order valence-electron chi connectivity index (χ4n) is 1.76. The summed E-state index contributed by atoms with van der Waals surface area (Å²) in [5, 5.41) is 9.59. The number of amides is 1. The Labute approximate surface area is 126 Å². The Morgan fingerprint density at radius 3 is 2.65 bits per heavy atom. The third-order valence-electron chi connectivity index (χ3n) is 2.86. The Morgan fingerprint density at radius 1 is 1.35 bits per heavy atom. The fourth-order valence-corrected chi connectivity index (χ4v) is 2.10. The molecule has 0 saturated heterocycles. The van der Waals surface area contributed by atoms with E-state index in [0.29, 0.717) is 15.8 Å². The number of aliphatic carboxylic acids is 1. The number of carbonyl (C=O) groups is 2. The number of carboxylic acids is 1. The van der Waals surface area contributed by atoms with Crippen molar-refractivity contribution in [2.75, 3.05) is 13.2 Å². The lowest BCUT2D eigenvalue weighted by atomic mass is 10.3. The van der Waals surface area contributed by atoms with Crippen LogP contribution in [0.3, 0.4) is 0 Å². The van der Waals surface area contributed by atoms with Gasteiger partial charge < -0.3 is 14.7 Å². The predicted molar refractivity (Wildman–Crippen MR) is 74.3 cm³/mol. The molecule has 7 heteroatoms. The molecule has 0 heterocycles. The van der Waals surface area contributed by atoms with Crippen LogP contribution < -0.4 is 4.74 Å². The Bertz CT molecular complexity index is 531. The highest BCUT2D eigenvalue weighted by Crippen LogP contribution is 2.29. The van der Waals surface area contributed by atoms with E-state index in [1.165, 1.54) is 11.0 Å². The highest BCUT2D eigenvalue weighted by atomic mass is 35.5. The maximum Gasteiger partial charge on any atom is 0.323 e. The molecule has 5 nitrogen and oxygen atoms in total. The van der Waals surface area contributed by atoms with Crippen LogP contribution >= 0.6 is 23.2 Å². The number of halogens is 2. The first-order valence-corrected chi connectivity index (χ1v) is 6.82. The minimum Gasteiger partial charge on any atom is -0.482 e. The van der Waals surface area contributed by atoms with Gasteiger partial charge in [0, 0.05) is 17.1 Å². The smallest absolute Gasteiger partial charge is 0.323 e. The lowest BCUT2D eigenvalue weighted by molar-refractivity contribution is -0.145. The Morgan fingerprint density at radius 2 is 2.05 bits per heavy atom. The summed E-state index contributed by atoms with van der Waals surface area (Å²) in [5.74, 6) is -1.10. The molecule has 0 unspecified atom stereocenters. The molecule has 1 fully saturated rings. The van der Waals surface area contributed by atoms with E-state index in [2.05, 4.69) is 0 Å². The predicted octanol–water partition coefficient (Wildman–Crippen LogP) is 2.45. The number of carboxylic acid groups (broad SMARTS) is 1. The van der Waals surface area contributed by atoms with Crippen LogP contribution in [0.4, 0.5) is 0 Å². The zero-order valence-electron chi connectivity index (χ0n) is 10.5. The maximum absolute atomic E-state index is 12.0. The number of hydrogen-bond donors (Lipinski definition) is 1. The van der Waals surface area contributed by atoms with Crippen molar-refractivity contribution in [2.24, 2.45) is 0 Å². The summed E-state index contributed by atoms with van der Waals surface area (Å²) in [6.45, 7) is -0.569. The Hall–Kier alpha value is -1.46. The van der Waals surface area contributed by atoms with E-state index >= 15 is 0 Å². The van der Waals surface area contributed by atoms with Crippen LogP contribution in [0.2, 0.25) is 10.0 Å². The molecule has 1 aromatic carbocycles. The number of nitrogens with zero attached hydrogens (tertiary/aromatic N) is 1. The molecule has 0 atom stereocenters. The van der Waals surface area contributed by atoms with Gasteiger partial charge in [-0.05, 0) is 25.0 Å². The molecule has 0 aromatic heterocycles. The topological polar surface area (TPSA) is 66.8 Å². The van der Waals surface area contributed by atoms with Gasteiger partial charge in [-0.3, -0.25) is 9.59 Å². The van der Waals surface area contributed by atoms with E-state index in [4.69, 9.17) is 33.0 Å². The SMILES string of the molecule is O=C(O)CN(C(=O)COc1cc(Cl)ccc1Cl)C1CC1. The average molecular weight is 318 g/mol. The zero-order chi connectivity index (χ0) is 14.7. The summed E-state index contributed by atoms with van der Waals surface area (Å²) < 4.78 is 5.32. The van der Waals surface area contributed by atoms with Crippen molar-refractivity contribution in [3.63, 3.8) is 0 Å². The summed E-state index contributed by atoms with van der Waals surface area (Å²) in [6, 6.07) is 4.70. The van der Waals surface area contributed by atoms with Gasteiger partial charge >= 0.3 is 5.97 Å². The van der Waals surface area contributed by atoms with Crippen LogP contribution in [-0.4, -0.2) is 41.1 Å². The molecule has 1 aliphatic rings. The van der Waals surface area contributed by atoms with E-state index in [0.717, 1.165) is 12.8 Å². The normalized spacial score (nSPS) is 13.9. The van der Waals surface area contributed by atoms with Crippen molar-refractivity contribution < 1.29 is 19.4 Å². The standard InChI is InChI=1S/C13H13Cl2NO4/c14-8-1-4-10(15)11(5-8)20-7-12(17)16(6-13(18)19)9-2-3-9/h1,4-5,9H,2-3,6-7H2,(H,18,19). The van der Waals surface area contributed by atoms with Crippen molar-refractivity contribution in [3.05, 3.63) is 28.2 Å². The van der Waals surface area contributed by atoms with Gasteiger partial charge in [0.25, 0.3) is 5.91 Å². The van der Waals surface area contributed by atoms with Gasteiger partial charge in [-0.15, -0.1) is 0 Å². The number of benzene rings is 1. The quantitative estimate of drug-likeness (QED) is 0.875. The lowest BCUT2D eigenvalue weighted by Crippen LogP contribution is -2.40. The van der Waals surface area contributed by atoms with Crippen molar-refractivity contribution in [1.82, 2.24) is 4.90 Å². The highest BCUT2D eigenvalue weighted by Gasteiger charge is 2.33. The second kappa shape index (κ2) is 6.33. The van der Waals surface area contributed by atoms with Crippen molar-refractivity contribution in [2.45, 2.75) is 18.9 Å². The van der Waals surface area contributed by atoms with Gasteiger partial charge in [0.1, 0.15) is 12.3 Å². The van der Waals surface area contributed by atoms with Crippen molar-refractivity contribution in [3.8, 4) is 5.75 Å². The van der Waals surface area contributed by atoms with Gasteiger partial charge in [-0.25, -0.2) is 0 Å².